The van der Waals surface area contributed by atoms with Crippen LogP contribution in [0.15, 0.2) is 42.7 Å². The Hall–Kier alpha value is -2.96. The summed E-state index contributed by atoms with van der Waals surface area (Å²) in [6.45, 7) is 4.85. The number of pyridine rings is 1. The smallest absolute Gasteiger partial charge is 0.317 e. The summed E-state index contributed by atoms with van der Waals surface area (Å²) in [4.78, 5) is 20.7. The number of ether oxygens (including phenoxy) is 2. The number of urea groups is 1. The van der Waals surface area contributed by atoms with Crippen molar-refractivity contribution in [1.82, 2.24) is 15.2 Å². The fourth-order valence-electron chi connectivity index (χ4n) is 3.33. The van der Waals surface area contributed by atoms with Gasteiger partial charge in [0.15, 0.2) is 11.5 Å². The minimum absolute atomic E-state index is 0.0310. The van der Waals surface area contributed by atoms with E-state index in [1.54, 1.807) is 12.4 Å². The van der Waals surface area contributed by atoms with E-state index >= 15 is 0 Å². The summed E-state index contributed by atoms with van der Waals surface area (Å²) >= 11 is 0. The highest BCUT2D eigenvalue weighted by Gasteiger charge is 2.21. The van der Waals surface area contributed by atoms with E-state index in [4.69, 9.17) is 9.47 Å². The minimum Gasteiger partial charge on any atom is -0.490 e. The SMILES string of the molecule is O=C(NCc1ccc2c(c1)OCCCO2)N1CCN(c2ccncc2)CC1. The minimum atomic E-state index is -0.0310. The highest BCUT2D eigenvalue weighted by Crippen LogP contribution is 2.30. The summed E-state index contributed by atoms with van der Waals surface area (Å²) in [6, 6.07) is 9.80. The number of hydrogen-bond donors (Lipinski definition) is 1. The van der Waals surface area contributed by atoms with Crippen LogP contribution < -0.4 is 19.7 Å². The first-order valence-corrected chi connectivity index (χ1v) is 9.36. The number of piperazine rings is 1. The first kappa shape index (κ1) is 17.5. The third kappa shape index (κ3) is 4.24. The van der Waals surface area contributed by atoms with Gasteiger partial charge in [-0.1, -0.05) is 6.07 Å². The lowest BCUT2D eigenvalue weighted by atomic mass is 10.2. The molecule has 2 aliphatic heterocycles. The third-order valence-electron chi connectivity index (χ3n) is 4.85. The molecule has 1 aromatic carbocycles. The van der Waals surface area contributed by atoms with E-state index in [1.165, 1.54) is 0 Å². The molecule has 1 aromatic heterocycles. The van der Waals surface area contributed by atoms with Crippen molar-refractivity contribution in [3.05, 3.63) is 48.3 Å². The van der Waals surface area contributed by atoms with E-state index in [0.29, 0.717) is 32.8 Å². The van der Waals surface area contributed by atoms with Crippen molar-refractivity contribution in [2.24, 2.45) is 0 Å². The molecule has 142 valence electrons. The van der Waals surface area contributed by atoms with Gasteiger partial charge in [-0.3, -0.25) is 4.98 Å². The fourth-order valence-corrected chi connectivity index (χ4v) is 3.33. The fraction of sp³-hybridized carbons (Fsp3) is 0.400. The van der Waals surface area contributed by atoms with Gasteiger partial charge in [-0.25, -0.2) is 4.79 Å². The van der Waals surface area contributed by atoms with Crippen molar-refractivity contribution < 1.29 is 14.3 Å². The molecular weight excluding hydrogens is 344 g/mol. The van der Waals surface area contributed by atoms with Gasteiger partial charge < -0.3 is 24.6 Å². The predicted octanol–water partition coefficient (Wildman–Crippen LogP) is 2.27. The van der Waals surface area contributed by atoms with Crippen molar-refractivity contribution in [3.63, 3.8) is 0 Å². The molecule has 0 atom stereocenters. The second kappa shape index (κ2) is 8.16. The molecule has 4 rings (SSSR count). The zero-order valence-corrected chi connectivity index (χ0v) is 15.3. The first-order valence-electron chi connectivity index (χ1n) is 9.36. The highest BCUT2D eigenvalue weighted by atomic mass is 16.5. The van der Waals surface area contributed by atoms with Crippen molar-refractivity contribution >= 4 is 11.7 Å². The molecule has 0 aliphatic carbocycles. The molecule has 7 nitrogen and oxygen atoms in total. The second-order valence-electron chi connectivity index (χ2n) is 6.67. The van der Waals surface area contributed by atoms with Gasteiger partial charge in [0.05, 0.1) is 13.2 Å². The van der Waals surface area contributed by atoms with E-state index in [2.05, 4.69) is 15.2 Å². The summed E-state index contributed by atoms with van der Waals surface area (Å²) in [5.41, 5.74) is 2.15. The number of rotatable bonds is 3. The largest absolute Gasteiger partial charge is 0.490 e. The number of aromatic nitrogens is 1. The summed E-state index contributed by atoms with van der Waals surface area (Å²) in [5.74, 6) is 1.53. The number of carbonyl (C=O) groups is 1. The summed E-state index contributed by atoms with van der Waals surface area (Å²) in [7, 11) is 0. The van der Waals surface area contributed by atoms with Gasteiger partial charge in [0.25, 0.3) is 0 Å². The van der Waals surface area contributed by atoms with Crippen LogP contribution in [-0.4, -0.2) is 55.3 Å². The van der Waals surface area contributed by atoms with Gasteiger partial charge in [0.1, 0.15) is 0 Å². The van der Waals surface area contributed by atoms with Gasteiger partial charge in [-0.05, 0) is 29.8 Å². The van der Waals surface area contributed by atoms with Crippen molar-refractivity contribution in [2.75, 3.05) is 44.3 Å². The van der Waals surface area contributed by atoms with Crippen LogP contribution in [0, 0.1) is 0 Å². The number of nitrogens with zero attached hydrogens (tertiary/aromatic N) is 3. The van der Waals surface area contributed by atoms with Crippen LogP contribution in [0.3, 0.4) is 0 Å². The maximum absolute atomic E-state index is 12.5. The van der Waals surface area contributed by atoms with Crippen LogP contribution in [-0.2, 0) is 6.54 Å². The monoisotopic (exact) mass is 368 g/mol. The highest BCUT2D eigenvalue weighted by molar-refractivity contribution is 5.74. The Labute approximate surface area is 158 Å². The van der Waals surface area contributed by atoms with Gasteiger partial charge in [-0.15, -0.1) is 0 Å². The summed E-state index contributed by atoms with van der Waals surface area (Å²) in [6.07, 6.45) is 4.47. The lowest BCUT2D eigenvalue weighted by molar-refractivity contribution is 0.194. The zero-order chi connectivity index (χ0) is 18.5. The molecule has 7 heteroatoms. The molecule has 1 N–H and O–H groups in total. The predicted molar refractivity (Wildman–Crippen MR) is 102 cm³/mol. The van der Waals surface area contributed by atoms with Crippen LogP contribution in [0.1, 0.15) is 12.0 Å². The van der Waals surface area contributed by atoms with E-state index in [9.17, 15) is 4.79 Å². The molecule has 2 aliphatic rings. The van der Waals surface area contributed by atoms with Gasteiger partial charge in [0, 0.05) is 57.2 Å². The number of amides is 2. The van der Waals surface area contributed by atoms with E-state index < -0.39 is 0 Å². The molecule has 27 heavy (non-hydrogen) atoms. The average Bonchev–Trinajstić information content (AvgIpc) is 2.98. The molecule has 1 fully saturated rings. The number of anilines is 1. The number of hydrogen-bond acceptors (Lipinski definition) is 5. The van der Waals surface area contributed by atoms with Crippen LogP contribution in [0.2, 0.25) is 0 Å². The first-order chi connectivity index (χ1) is 13.3. The Balaban J connectivity index is 1.28. The topological polar surface area (TPSA) is 66.9 Å². The lowest BCUT2D eigenvalue weighted by Crippen LogP contribution is -2.51. The van der Waals surface area contributed by atoms with E-state index in [0.717, 1.165) is 42.3 Å². The van der Waals surface area contributed by atoms with Crippen LogP contribution in [0.5, 0.6) is 11.5 Å². The number of nitrogens with one attached hydrogen (secondary N) is 1. The molecule has 2 amide bonds. The Morgan fingerprint density at radius 3 is 2.52 bits per heavy atom. The molecule has 0 bridgehead atoms. The third-order valence-corrected chi connectivity index (χ3v) is 4.85. The van der Waals surface area contributed by atoms with Crippen LogP contribution in [0.4, 0.5) is 10.5 Å². The number of fused-ring (bicyclic) bond motifs is 1. The van der Waals surface area contributed by atoms with Gasteiger partial charge in [-0.2, -0.15) is 0 Å². The molecule has 0 unspecified atom stereocenters. The van der Waals surface area contributed by atoms with Crippen molar-refractivity contribution in [2.45, 2.75) is 13.0 Å². The quantitative estimate of drug-likeness (QED) is 0.900. The summed E-state index contributed by atoms with van der Waals surface area (Å²) in [5, 5.41) is 3.01. The van der Waals surface area contributed by atoms with E-state index in [1.807, 2.05) is 35.2 Å². The summed E-state index contributed by atoms with van der Waals surface area (Å²) < 4.78 is 11.3. The Morgan fingerprint density at radius 1 is 1.00 bits per heavy atom. The van der Waals surface area contributed by atoms with E-state index in [-0.39, 0.29) is 6.03 Å². The standard InChI is InChI=1S/C20H24N4O3/c25-20(24-10-8-23(9-11-24)17-4-6-21-7-5-17)22-15-16-2-3-18-19(14-16)27-13-1-12-26-18/h2-7,14H,1,8-13,15H2,(H,22,25). The maximum Gasteiger partial charge on any atom is 0.317 e. The maximum atomic E-state index is 12.5. The van der Waals surface area contributed by atoms with Crippen molar-refractivity contribution in [3.8, 4) is 11.5 Å². The molecule has 2 aromatic rings. The lowest BCUT2D eigenvalue weighted by Gasteiger charge is -2.36. The average molecular weight is 368 g/mol. The second-order valence-corrected chi connectivity index (χ2v) is 6.67. The Bertz CT molecular complexity index is 776. The van der Waals surface area contributed by atoms with Gasteiger partial charge in [0.2, 0.25) is 0 Å². The van der Waals surface area contributed by atoms with Crippen molar-refractivity contribution in [1.29, 1.82) is 0 Å². The number of carbonyl (C=O) groups excluding carboxylic acids is 1. The molecular formula is C20H24N4O3. The number of benzene rings is 1. The molecule has 0 spiro atoms. The Morgan fingerprint density at radius 2 is 1.74 bits per heavy atom. The molecule has 0 saturated carbocycles. The Kier molecular flexibility index (Phi) is 5.27. The van der Waals surface area contributed by atoms with Crippen LogP contribution >= 0.6 is 0 Å². The zero-order valence-electron chi connectivity index (χ0n) is 15.3. The molecule has 1 saturated heterocycles. The molecule has 0 radical (unpaired) electrons. The van der Waals surface area contributed by atoms with Crippen LogP contribution in [0.25, 0.3) is 0 Å². The van der Waals surface area contributed by atoms with Gasteiger partial charge >= 0.3 is 6.03 Å². The molecule has 3 heterocycles. The normalized spacial score (nSPS) is 16.6.